The molecule has 3 fully saturated rings. The molecule has 146 valence electrons. The Kier molecular flexibility index (Phi) is 8.75. The summed E-state index contributed by atoms with van der Waals surface area (Å²) < 4.78 is 5.65. The Morgan fingerprint density at radius 1 is 1.16 bits per heavy atom. The lowest BCUT2D eigenvalue weighted by Crippen LogP contribution is -2.59. The van der Waals surface area contributed by atoms with Crippen LogP contribution in [0.4, 0.5) is 0 Å². The van der Waals surface area contributed by atoms with E-state index in [1.165, 1.54) is 51.6 Å². The number of nitrogens with zero attached hydrogens (tertiary/aromatic N) is 2. The molecule has 0 amide bonds. The van der Waals surface area contributed by atoms with Gasteiger partial charge in [-0.3, -0.25) is 9.89 Å². The van der Waals surface area contributed by atoms with Gasteiger partial charge in [-0.1, -0.05) is 19.8 Å². The van der Waals surface area contributed by atoms with Gasteiger partial charge in [-0.05, 0) is 57.5 Å². The Labute approximate surface area is 170 Å². The third kappa shape index (κ3) is 5.70. The van der Waals surface area contributed by atoms with Gasteiger partial charge in [0, 0.05) is 38.4 Å². The van der Waals surface area contributed by atoms with E-state index in [1.807, 2.05) is 7.05 Å². The predicted molar refractivity (Wildman–Crippen MR) is 115 cm³/mol. The third-order valence-corrected chi connectivity index (χ3v) is 6.29. The first kappa shape index (κ1) is 21.2. The minimum absolute atomic E-state index is 0. The number of guanidine groups is 1. The fraction of sp³-hybridized carbons (Fsp3) is 0.947. The van der Waals surface area contributed by atoms with Crippen molar-refractivity contribution < 1.29 is 4.74 Å². The molecule has 0 aromatic heterocycles. The van der Waals surface area contributed by atoms with Crippen LogP contribution in [0, 0.1) is 5.92 Å². The normalized spacial score (nSPS) is 30.6. The molecule has 0 aromatic carbocycles. The van der Waals surface area contributed by atoms with Crippen LogP contribution in [-0.2, 0) is 4.74 Å². The van der Waals surface area contributed by atoms with Crippen molar-refractivity contribution in [2.24, 2.45) is 10.9 Å². The minimum Gasteiger partial charge on any atom is -0.381 e. The van der Waals surface area contributed by atoms with Gasteiger partial charge in [-0.25, -0.2) is 0 Å². The van der Waals surface area contributed by atoms with E-state index in [9.17, 15) is 0 Å². The minimum atomic E-state index is 0. The van der Waals surface area contributed by atoms with E-state index < -0.39 is 0 Å². The SMILES string of the molecule is CN=C(NCC1(N2CCCC2)CCOCC1)NC1CCCC(C)C1.I. The maximum absolute atomic E-state index is 5.65. The molecular weight excluding hydrogens is 427 g/mol. The molecule has 2 aliphatic heterocycles. The second-order valence-electron chi connectivity index (χ2n) is 8.07. The molecule has 1 aliphatic carbocycles. The lowest BCUT2D eigenvalue weighted by Gasteiger charge is -2.45. The number of rotatable bonds is 4. The van der Waals surface area contributed by atoms with Gasteiger partial charge in [0.1, 0.15) is 0 Å². The van der Waals surface area contributed by atoms with E-state index in [0.29, 0.717) is 6.04 Å². The second kappa shape index (κ2) is 10.3. The summed E-state index contributed by atoms with van der Waals surface area (Å²) in [6.45, 7) is 7.63. The Morgan fingerprint density at radius 3 is 2.52 bits per heavy atom. The van der Waals surface area contributed by atoms with Crippen LogP contribution in [-0.4, -0.2) is 62.3 Å². The summed E-state index contributed by atoms with van der Waals surface area (Å²) in [5.74, 6) is 1.82. The summed E-state index contributed by atoms with van der Waals surface area (Å²) in [6.07, 6.45) is 10.2. The van der Waals surface area contributed by atoms with E-state index in [-0.39, 0.29) is 29.5 Å². The highest BCUT2D eigenvalue weighted by Crippen LogP contribution is 2.30. The lowest BCUT2D eigenvalue weighted by molar-refractivity contribution is -0.0164. The maximum atomic E-state index is 5.65. The van der Waals surface area contributed by atoms with Crippen molar-refractivity contribution in [1.82, 2.24) is 15.5 Å². The van der Waals surface area contributed by atoms with Gasteiger partial charge in [0.2, 0.25) is 0 Å². The Bertz CT molecular complexity index is 420. The van der Waals surface area contributed by atoms with Gasteiger partial charge >= 0.3 is 0 Å². The number of aliphatic imine (C=N–C) groups is 1. The van der Waals surface area contributed by atoms with Crippen LogP contribution in [0.5, 0.6) is 0 Å². The van der Waals surface area contributed by atoms with Gasteiger partial charge in [-0.15, -0.1) is 24.0 Å². The van der Waals surface area contributed by atoms with Gasteiger partial charge < -0.3 is 15.4 Å². The molecule has 2 N–H and O–H groups in total. The van der Waals surface area contributed by atoms with Crippen molar-refractivity contribution in [2.45, 2.75) is 69.9 Å². The molecule has 5 nitrogen and oxygen atoms in total. The first-order valence-electron chi connectivity index (χ1n) is 10.0. The fourth-order valence-electron chi connectivity index (χ4n) is 4.75. The highest BCUT2D eigenvalue weighted by Gasteiger charge is 2.39. The van der Waals surface area contributed by atoms with Crippen LogP contribution >= 0.6 is 24.0 Å². The zero-order valence-electron chi connectivity index (χ0n) is 16.1. The van der Waals surface area contributed by atoms with Crippen LogP contribution in [0.25, 0.3) is 0 Å². The predicted octanol–water partition coefficient (Wildman–Crippen LogP) is 2.99. The van der Waals surface area contributed by atoms with E-state index in [4.69, 9.17) is 4.74 Å². The van der Waals surface area contributed by atoms with Crippen molar-refractivity contribution in [3.63, 3.8) is 0 Å². The van der Waals surface area contributed by atoms with Crippen LogP contribution in [0.1, 0.15) is 58.3 Å². The number of hydrogen-bond donors (Lipinski definition) is 2. The molecule has 0 bridgehead atoms. The first-order valence-corrected chi connectivity index (χ1v) is 10.0. The second-order valence-corrected chi connectivity index (χ2v) is 8.07. The Morgan fingerprint density at radius 2 is 1.88 bits per heavy atom. The number of halogens is 1. The van der Waals surface area contributed by atoms with Crippen molar-refractivity contribution in [2.75, 3.05) is 39.9 Å². The number of likely N-dealkylation sites (tertiary alicyclic amines) is 1. The van der Waals surface area contributed by atoms with Gasteiger partial charge in [-0.2, -0.15) is 0 Å². The van der Waals surface area contributed by atoms with E-state index in [2.05, 4.69) is 27.4 Å². The molecular formula is C19H37IN4O. The average Bonchev–Trinajstić information content (AvgIpc) is 3.15. The molecule has 3 rings (SSSR count). The zero-order valence-corrected chi connectivity index (χ0v) is 18.4. The highest BCUT2D eigenvalue weighted by atomic mass is 127. The molecule has 2 atom stereocenters. The van der Waals surface area contributed by atoms with E-state index in [0.717, 1.165) is 44.5 Å². The van der Waals surface area contributed by atoms with Crippen molar-refractivity contribution in [3.05, 3.63) is 0 Å². The van der Waals surface area contributed by atoms with Crippen molar-refractivity contribution in [1.29, 1.82) is 0 Å². The van der Waals surface area contributed by atoms with Crippen LogP contribution < -0.4 is 10.6 Å². The quantitative estimate of drug-likeness (QED) is 0.382. The molecule has 1 saturated carbocycles. The van der Waals surface area contributed by atoms with Crippen LogP contribution in [0.2, 0.25) is 0 Å². The standard InChI is InChI=1S/C19H36N4O.HI/c1-16-6-5-7-17(14-16)22-18(20-2)21-15-19(8-12-24-13-9-19)23-10-3-4-11-23;/h16-17H,3-15H2,1-2H3,(H2,20,21,22);1H. The van der Waals surface area contributed by atoms with Crippen LogP contribution in [0.3, 0.4) is 0 Å². The summed E-state index contributed by atoms with van der Waals surface area (Å²) in [6, 6.07) is 0.581. The fourth-order valence-corrected chi connectivity index (χ4v) is 4.75. The molecule has 0 spiro atoms. The molecule has 2 saturated heterocycles. The smallest absolute Gasteiger partial charge is 0.191 e. The summed E-state index contributed by atoms with van der Waals surface area (Å²) in [5, 5.41) is 7.33. The third-order valence-electron chi connectivity index (χ3n) is 6.29. The first-order chi connectivity index (χ1) is 11.7. The van der Waals surface area contributed by atoms with Crippen molar-refractivity contribution in [3.8, 4) is 0 Å². The molecule has 25 heavy (non-hydrogen) atoms. The topological polar surface area (TPSA) is 48.9 Å². The highest BCUT2D eigenvalue weighted by molar-refractivity contribution is 14.0. The van der Waals surface area contributed by atoms with Crippen LogP contribution in [0.15, 0.2) is 4.99 Å². The molecule has 0 aromatic rings. The average molecular weight is 464 g/mol. The number of ether oxygens (including phenoxy) is 1. The molecule has 3 aliphatic rings. The number of hydrogen-bond acceptors (Lipinski definition) is 3. The summed E-state index contributed by atoms with van der Waals surface area (Å²) in [5.41, 5.74) is 0.256. The molecule has 6 heteroatoms. The molecule has 2 unspecified atom stereocenters. The molecule has 2 heterocycles. The summed E-state index contributed by atoms with van der Waals surface area (Å²) in [7, 11) is 1.90. The largest absolute Gasteiger partial charge is 0.381 e. The van der Waals surface area contributed by atoms with Gasteiger partial charge in [0.05, 0.1) is 0 Å². The Hall–Kier alpha value is -0.0800. The maximum Gasteiger partial charge on any atom is 0.191 e. The van der Waals surface area contributed by atoms with Gasteiger partial charge in [0.15, 0.2) is 5.96 Å². The van der Waals surface area contributed by atoms with E-state index >= 15 is 0 Å². The summed E-state index contributed by atoms with van der Waals surface area (Å²) in [4.78, 5) is 7.20. The van der Waals surface area contributed by atoms with E-state index in [1.54, 1.807) is 0 Å². The Balaban J connectivity index is 0.00000225. The summed E-state index contributed by atoms with van der Waals surface area (Å²) >= 11 is 0. The van der Waals surface area contributed by atoms with Gasteiger partial charge in [0.25, 0.3) is 0 Å². The number of nitrogens with one attached hydrogen (secondary N) is 2. The lowest BCUT2D eigenvalue weighted by atomic mass is 9.87. The van der Waals surface area contributed by atoms with Crippen molar-refractivity contribution >= 4 is 29.9 Å². The monoisotopic (exact) mass is 464 g/mol. The molecule has 0 radical (unpaired) electrons. The zero-order chi connectivity index (χ0) is 16.8.